The quantitative estimate of drug-likeness (QED) is 0.380. The van der Waals surface area contributed by atoms with Gasteiger partial charge in [0.1, 0.15) is 0 Å². The normalized spacial score (nSPS) is 6.33. The Morgan fingerprint density at radius 3 is 2.17 bits per heavy atom. The molecular formula is H2B2O4. The molecule has 0 saturated heterocycles. The number of rotatable bonds is 2. The molecule has 0 fully saturated rings. The van der Waals surface area contributed by atoms with Crippen LogP contribution >= 0.6 is 0 Å². The van der Waals surface area contributed by atoms with Crippen LogP contribution in [0, 0.1) is 0 Å². The van der Waals surface area contributed by atoms with Crippen LogP contribution in [0.4, 0.5) is 0 Å². The third-order valence-electron chi connectivity index (χ3n) is 0.177. The van der Waals surface area contributed by atoms with Gasteiger partial charge in [0.05, 0.1) is 0 Å². The molecule has 0 heterocycles. The van der Waals surface area contributed by atoms with Gasteiger partial charge in [-0.2, -0.15) is 0 Å². The van der Waals surface area contributed by atoms with Gasteiger partial charge in [0.2, 0.25) is 0 Å². The van der Waals surface area contributed by atoms with Crippen LogP contribution in [0.3, 0.4) is 0 Å². The Morgan fingerprint density at radius 2 is 2.17 bits per heavy atom. The standard InChI is InChI=1S/B2H2O4/c3-1-6-2(4)5/h4-5H. The van der Waals surface area contributed by atoms with E-state index in [0.29, 0.717) is 0 Å². The topological polar surface area (TPSA) is 66.8 Å². The van der Waals surface area contributed by atoms with Gasteiger partial charge in [0.15, 0.2) is 0 Å². The van der Waals surface area contributed by atoms with Crippen molar-refractivity contribution in [1.29, 1.82) is 0 Å². The first kappa shape index (κ1) is 5.65. The Bertz CT molecular complexity index is 40.8. The average Bonchev–Trinajstić information content (AvgIpc) is 1.35. The maximum atomic E-state index is 9.07. The Morgan fingerprint density at radius 1 is 1.67 bits per heavy atom. The number of hydrogen-bond acceptors (Lipinski definition) is 4. The van der Waals surface area contributed by atoms with Crippen LogP contribution in [-0.2, 0) is 9.28 Å². The summed E-state index contributed by atoms with van der Waals surface area (Å²) in [6.07, 6.45) is 0. The third kappa shape index (κ3) is 3.65. The van der Waals surface area contributed by atoms with E-state index in [1.807, 2.05) is 0 Å². The third-order valence-corrected chi connectivity index (χ3v) is 0.177. The fraction of sp³-hybridized carbons (Fsp3) is 0. The summed E-state index contributed by atoms with van der Waals surface area (Å²) in [5, 5.41) is 15.3. The van der Waals surface area contributed by atoms with E-state index < -0.39 is 7.32 Å². The first-order valence-electron chi connectivity index (χ1n) is 1.22. The van der Waals surface area contributed by atoms with Crippen molar-refractivity contribution in [2.75, 3.05) is 0 Å². The fourth-order valence-electron chi connectivity index (χ4n) is 0.0497. The predicted octanol–water partition coefficient (Wildman–Crippen LogP) is -2.06. The van der Waals surface area contributed by atoms with E-state index in [0.717, 1.165) is 0 Å². The van der Waals surface area contributed by atoms with Crippen LogP contribution in [0.2, 0.25) is 0 Å². The van der Waals surface area contributed by atoms with Gasteiger partial charge >= 0.3 is 34.0 Å². The van der Waals surface area contributed by atoms with Gasteiger partial charge in [0.25, 0.3) is 0 Å². The molecular weight excluding hydrogens is 85.6 g/mol. The Kier molecular flexibility index (Phi) is 2.70. The van der Waals surface area contributed by atoms with Crippen molar-refractivity contribution in [2.24, 2.45) is 0 Å². The second-order valence-electron chi connectivity index (χ2n) is 0.559. The summed E-state index contributed by atoms with van der Waals surface area (Å²) in [6, 6.07) is 0. The minimum absolute atomic E-state index is 0.0509. The zero-order valence-electron chi connectivity index (χ0n) is 2.87. The summed E-state index contributed by atoms with van der Waals surface area (Å²) in [5.41, 5.74) is 0. The van der Waals surface area contributed by atoms with Crippen LogP contribution in [0.1, 0.15) is 0 Å². The molecule has 2 N–H and O–H groups in total. The summed E-state index contributed by atoms with van der Waals surface area (Å²) < 4.78 is 12.5. The molecule has 6 heavy (non-hydrogen) atoms. The molecule has 4 nitrogen and oxygen atoms in total. The molecule has 0 amide bonds. The van der Waals surface area contributed by atoms with Crippen molar-refractivity contribution in [2.45, 2.75) is 0 Å². The molecule has 32 valence electrons. The Hall–Kier alpha value is -0.350. The van der Waals surface area contributed by atoms with Crippen LogP contribution in [-0.4, -0.2) is 24.7 Å². The van der Waals surface area contributed by atoms with Gasteiger partial charge in [0, 0.05) is 0 Å². The van der Waals surface area contributed by atoms with Crippen molar-refractivity contribution >= 4 is 14.7 Å². The Labute approximate surface area is 35.2 Å². The molecule has 0 radical (unpaired) electrons. The molecule has 0 aliphatic carbocycles. The first-order chi connectivity index (χ1) is 2.77. The van der Waals surface area contributed by atoms with Gasteiger partial charge in [-0.25, -0.2) is 0 Å². The molecule has 0 rings (SSSR count). The second kappa shape index (κ2) is 2.86. The molecule has 0 saturated carbocycles. The summed E-state index contributed by atoms with van der Waals surface area (Å²) in [4.78, 5) is 0. The SMILES string of the molecule is O=BOB(O)O. The van der Waals surface area contributed by atoms with Crippen molar-refractivity contribution in [1.82, 2.24) is 0 Å². The molecule has 0 aliphatic heterocycles. The van der Waals surface area contributed by atoms with Crippen LogP contribution in [0.15, 0.2) is 0 Å². The molecule has 0 aromatic heterocycles. The molecule has 0 atom stereocenters. The second-order valence-corrected chi connectivity index (χ2v) is 0.559. The average molecular weight is 87.6 g/mol. The van der Waals surface area contributed by atoms with Gasteiger partial charge in [-0.1, -0.05) is 0 Å². The minimum atomic E-state index is -1.97. The molecule has 0 unspecified atom stereocenters. The van der Waals surface area contributed by atoms with E-state index >= 15 is 0 Å². The summed E-state index contributed by atoms with van der Waals surface area (Å²) in [6.45, 7) is 0. The van der Waals surface area contributed by atoms with E-state index in [1.165, 1.54) is 0 Å². The zero-order valence-corrected chi connectivity index (χ0v) is 2.87. The summed E-state index contributed by atoms with van der Waals surface area (Å²) in [7, 11) is -2.02. The Balaban J connectivity index is 2.81. The van der Waals surface area contributed by atoms with E-state index in [9.17, 15) is 0 Å². The van der Waals surface area contributed by atoms with Crippen molar-refractivity contribution < 1.29 is 19.3 Å². The molecule has 0 spiro atoms. The molecule has 0 aliphatic rings. The van der Waals surface area contributed by atoms with Gasteiger partial charge in [-0.05, 0) is 0 Å². The molecule has 0 bridgehead atoms. The van der Waals surface area contributed by atoms with Crippen LogP contribution in [0.5, 0.6) is 0 Å². The number of hydrogen-bond donors (Lipinski definition) is 2. The van der Waals surface area contributed by atoms with Crippen LogP contribution < -0.4 is 0 Å². The van der Waals surface area contributed by atoms with Gasteiger partial charge in [-0.15, -0.1) is 0 Å². The summed E-state index contributed by atoms with van der Waals surface area (Å²) >= 11 is 0. The van der Waals surface area contributed by atoms with Crippen molar-refractivity contribution in [3.05, 3.63) is 0 Å². The molecule has 0 aromatic carbocycles. The van der Waals surface area contributed by atoms with Crippen molar-refractivity contribution in [3.8, 4) is 0 Å². The monoisotopic (exact) mass is 88.0 g/mol. The molecule has 6 heteroatoms. The summed E-state index contributed by atoms with van der Waals surface area (Å²) in [5.74, 6) is 0. The maximum absolute atomic E-state index is 9.07. The van der Waals surface area contributed by atoms with E-state index in [2.05, 4.69) is 4.57 Å². The first-order valence-corrected chi connectivity index (χ1v) is 1.22. The van der Waals surface area contributed by atoms with Gasteiger partial charge in [-0.3, -0.25) is 0 Å². The van der Waals surface area contributed by atoms with E-state index in [4.69, 9.17) is 14.8 Å². The van der Waals surface area contributed by atoms with E-state index in [-0.39, 0.29) is 7.35 Å². The van der Waals surface area contributed by atoms with Crippen molar-refractivity contribution in [3.63, 3.8) is 0 Å². The predicted molar refractivity (Wildman–Crippen MR) is 17.7 cm³/mol. The molecule has 0 aromatic rings. The van der Waals surface area contributed by atoms with Crippen LogP contribution in [0.25, 0.3) is 0 Å². The van der Waals surface area contributed by atoms with E-state index in [1.54, 1.807) is 0 Å². The zero-order chi connectivity index (χ0) is 4.99. The fourth-order valence-corrected chi connectivity index (χ4v) is 0.0497. The van der Waals surface area contributed by atoms with Gasteiger partial charge < -0.3 is 0 Å².